The van der Waals surface area contributed by atoms with Crippen LogP contribution in [-0.4, -0.2) is 39.2 Å². The minimum Gasteiger partial charge on any atom is -0.460 e. The highest BCUT2D eigenvalue weighted by Crippen LogP contribution is 2.21. The first kappa shape index (κ1) is 16.7. The third-order valence-electron chi connectivity index (χ3n) is 4.64. The van der Waals surface area contributed by atoms with E-state index in [2.05, 4.69) is 55.7 Å². The highest BCUT2D eigenvalue weighted by molar-refractivity contribution is 5.52. The van der Waals surface area contributed by atoms with E-state index >= 15 is 0 Å². The van der Waals surface area contributed by atoms with Gasteiger partial charge < -0.3 is 9.73 Å². The summed E-state index contributed by atoms with van der Waals surface area (Å²) in [6.07, 6.45) is 3.90. The Hall–Kier alpha value is -2.73. The Bertz CT molecular complexity index is 848. The fraction of sp³-hybridized carbons (Fsp3) is 0.350. The largest absolute Gasteiger partial charge is 0.460 e. The summed E-state index contributed by atoms with van der Waals surface area (Å²) >= 11 is 0. The number of nitrogens with zero attached hydrogens (tertiary/aromatic N) is 4. The average Bonchev–Trinajstić information content (AvgIpc) is 3.10. The molecule has 1 N–H and O–H groups in total. The molecule has 0 bridgehead atoms. The second-order valence-corrected chi connectivity index (χ2v) is 6.78. The monoisotopic (exact) mass is 349 g/mol. The highest BCUT2D eigenvalue weighted by Gasteiger charge is 2.21. The van der Waals surface area contributed by atoms with Crippen molar-refractivity contribution in [3.05, 3.63) is 60.0 Å². The Labute approximate surface area is 153 Å². The first-order valence-corrected chi connectivity index (χ1v) is 9.05. The van der Waals surface area contributed by atoms with Crippen molar-refractivity contribution < 1.29 is 4.42 Å². The molecule has 2 aromatic heterocycles. The van der Waals surface area contributed by atoms with Crippen molar-refractivity contribution in [1.29, 1.82) is 0 Å². The molecule has 134 valence electrons. The molecule has 1 atom stereocenters. The molecular weight excluding hydrogens is 326 g/mol. The number of hydrogen-bond donors (Lipinski definition) is 1. The number of anilines is 1. The predicted molar refractivity (Wildman–Crippen MR) is 101 cm³/mol. The maximum Gasteiger partial charge on any atom is 0.243 e. The van der Waals surface area contributed by atoms with Gasteiger partial charge >= 0.3 is 0 Å². The lowest BCUT2D eigenvalue weighted by Gasteiger charge is -2.33. The highest BCUT2D eigenvalue weighted by atomic mass is 16.3. The topological polar surface area (TPSA) is 67.1 Å². The van der Waals surface area contributed by atoms with E-state index < -0.39 is 0 Å². The van der Waals surface area contributed by atoms with Gasteiger partial charge in [0.05, 0.1) is 6.20 Å². The number of rotatable bonds is 5. The van der Waals surface area contributed by atoms with Crippen LogP contribution in [0.1, 0.15) is 24.2 Å². The summed E-state index contributed by atoms with van der Waals surface area (Å²) in [5.74, 6) is 2.13. The van der Waals surface area contributed by atoms with Gasteiger partial charge in [0.15, 0.2) is 5.76 Å². The predicted octanol–water partition coefficient (Wildman–Crippen LogP) is 3.52. The second-order valence-electron chi connectivity index (χ2n) is 6.78. The first-order valence-electron chi connectivity index (χ1n) is 9.05. The zero-order chi connectivity index (χ0) is 17.8. The molecule has 3 aromatic rings. The molecule has 0 saturated carbocycles. The van der Waals surface area contributed by atoms with E-state index in [4.69, 9.17) is 4.42 Å². The van der Waals surface area contributed by atoms with E-state index in [1.807, 2.05) is 19.1 Å². The van der Waals surface area contributed by atoms with E-state index in [1.54, 1.807) is 6.20 Å². The van der Waals surface area contributed by atoms with Crippen LogP contribution < -0.4 is 5.32 Å². The van der Waals surface area contributed by atoms with E-state index in [1.165, 1.54) is 5.56 Å². The van der Waals surface area contributed by atoms with Gasteiger partial charge in [-0.3, -0.25) is 4.90 Å². The molecule has 6 nitrogen and oxygen atoms in total. The standard InChI is InChI=1S/C20H23N5O/c1-15-9-10-19(26-15)18-12-21-24-20(23-18)22-17-8-5-11-25(14-17)13-16-6-3-2-4-7-16/h2-4,6-7,9-10,12,17H,5,8,11,13-14H2,1H3,(H,22,23,24). The Balaban J connectivity index is 1.40. The molecule has 0 amide bonds. The zero-order valence-electron chi connectivity index (χ0n) is 14.9. The van der Waals surface area contributed by atoms with Gasteiger partial charge in [0.1, 0.15) is 11.5 Å². The SMILES string of the molecule is Cc1ccc(-c2cnnc(NC3CCCN(Cc4ccccc4)C3)n2)o1. The van der Waals surface area contributed by atoms with Gasteiger partial charge in [0.25, 0.3) is 0 Å². The summed E-state index contributed by atoms with van der Waals surface area (Å²) in [5.41, 5.74) is 2.05. The van der Waals surface area contributed by atoms with Gasteiger partial charge in [0.2, 0.25) is 5.95 Å². The molecule has 1 aliphatic heterocycles. The smallest absolute Gasteiger partial charge is 0.243 e. The maximum absolute atomic E-state index is 5.63. The molecule has 0 radical (unpaired) electrons. The van der Waals surface area contributed by atoms with Gasteiger partial charge in [0, 0.05) is 19.1 Å². The zero-order valence-corrected chi connectivity index (χ0v) is 14.9. The summed E-state index contributed by atoms with van der Waals surface area (Å²) in [6.45, 7) is 4.99. The van der Waals surface area contributed by atoms with E-state index in [9.17, 15) is 0 Å². The molecule has 1 aromatic carbocycles. The van der Waals surface area contributed by atoms with Crippen LogP contribution in [0.4, 0.5) is 5.95 Å². The molecule has 0 aliphatic carbocycles. The number of piperidine rings is 1. The molecule has 4 rings (SSSR count). The van der Waals surface area contributed by atoms with Crippen molar-refractivity contribution in [2.24, 2.45) is 0 Å². The lowest BCUT2D eigenvalue weighted by molar-refractivity contribution is 0.208. The average molecular weight is 349 g/mol. The lowest BCUT2D eigenvalue weighted by Crippen LogP contribution is -2.41. The lowest BCUT2D eigenvalue weighted by atomic mass is 10.0. The van der Waals surface area contributed by atoms with Crippen LogP contribution in [0.5, 0.6) is 0 Å². The second kappa shape index (κ2) is 7.66. The third kappa shape index (κ3) is 4.08. The molecule has 26 heavy (non-hydrogen) atoms. The van der Waals surface area contributed by atoms with E-state index in [-0.39, 0.29) is 0 Å². The van der Waals surface area contributed by atoms with Gasteiger partial charge in [-0.1, -0.05) is 30.3 Å². The molecule has 6 heteroatoms. The summed E-state index contributed by atoms with van der Waals surface area (Å²) < 4.78 is 5.63. The number of nitrogens with one attached hydrogen (secondary N) is 1. The number of aromatic nitrogens is 3. The van der Waals surface area contributed by atoms with Crippen LogP contribution in [0.2, 0.25) is 0 Å². The fourth-order valence-electron chi connectivity index (χ4n) is 3.40. The van der Waals surface area contributed by atoms with E-state index in [0.717, 1.165) is 44.0 Å². The van der Waals surface area contributed by atoms with Gasteiger partial charge in [-0.15, -0.1) is 5.10 Å². The van der Waals surface area contributed by atoms with Crippen LogP contribution >= 0.6 is 0 Å². The van der Waals surface area contributed by atoms with Crippen molar-refractivity contribution in [3.63, 3.8) is 0 Å². The number of hydrogen-bond acceptors (Lipinski definition) is 6. The van der Waals surface area contributed by atoms with E-state index in [0.29, 0.717) is 17.7 Å². The van der Waals surface area contributed by atoms with Gasteiger partial charge in [-0.2, -0.15) is 5.10 Å². The molecule has 1 aliphatic rings. The number of likely N-dealkylation sites (tertiary alicyclic amines) is 1. The van der Waals surface area contributed by atoms with Crippen molar-refractivity contribution in [2.75, 3.05) is 18.4 Å². The molecular formula is C20H23N5O. The molecule has 1 fully saturated rings. The Kier molecular flexibility index (Phi) is 4.93. The summed E-state index contributed by atoms with van der Waals surface area (Å²) in [4.78, 5) is 7.04. The number of furan rings is 1. The van der Waals surface area contributed by atoms with Crippen molar-refractivity contribution in [2.45, 2.75) is 32.4 Å². The Morgan fingerprint density at radius 3 is 2.88 bits per heavy atom. The van der Waals surface area contributed by atoms with Crippen LogP contribution in [-0.2, 0) is 6.54 Å². The van der Waals surface area contributed by atoms with Crippen LogP contribution in [0.15, 0.2) is 53.1 Å². The Morgan fingerprint density at radius 2 is 2.08 bits per heavy atom. The minimum absolute atomic E-state index is 0.322. The summed E-state index contributed by atoms with van der Waals surface area (Å²) in [5, 5.41) is 11.7. The van der Waals surface area contributed by atoms with Crippen molar-refractivity contribution in [1.82, 2.24) is 20.1 Å². The number of benzene rings is 1. The van der Waals surface area contributed by atoms with Crippen molar-refractivity contribution >= 4 is 5.95 Å². The minimum atomic E-state index is 0.322. The van der Waals surface area contributed by atoms with Gasteiger partial charge in [-0.25, -0.2) is 4.98 Å². The Morgan fingerprint density at radius 1 is 1.19 bits per heavy atom. The fourth-order valence-corrected chi connectivity index (χ4v) is 3.40. The molecule has 1 unspecified atom stereocenters. The first-order chi connectivity index (χ1) is 12.8. The molecule has 3 heterocycles. The number of aryl methyl sites for hydroxylation is 1. The summed E-state index contributed by atoms with van der Waals surface area (Å²) in [7, 11) is 0. The maximum atomic E-state index is 5.63. The van der Waals surface area contributed by atoms with Crippen LogP contribution in [0.25, 0.3) is 11.5 Å². The normalized spacial score (nSPS) is 18.0. The van der Waals surface area contributed by atoms with Crippen LogP contribution in [0, 0.1) is 6.92 Å². The molecule has 0 spiro atoms. The quantitative estimate of drug-likeness (QED) is 0.760. The van der Waals surface area contributed by atoms with Gasteiger partial charge in [-0.05, 0) is 44.0 Å². The van der Waals surface area contributed by atoms with Crippen molar-refractivity contribution in [3.8, 4) is 11.5 Å². The van der Waals surface area contributed by atoms with Crippen LogP contribution in [0.3, 0.4) is 0 Å². The third-order valence-corrected chi connectivity index (χ3v) is 4.64. The molecule has 1 saturated heterocycles. The summed E-state index contributed by atoms with van der Waals surface area (Å²) in [6, 6.07) is 14.8.